The highest BCUT2D eigenvalue weighted by atomic mass is 32.2. The first-order valence-electron chi connectivity index (χ1n) is 4.57. The molecule has 0 saturated heterocycles. The van der Waals surface area contributed by atoms with Crippen molar-refractivity contribution in [1.82, 2.24) is 0 Å². The number of aryl methyl sites for hydroxylation is 1. The fraction of sp³-hybridized carbons (Fsp3) is 0.200. The van der Waals surface area contributed by atoms with Crippen molar-refractivity contribution in [3.63, 3.8) is 0 Å². The van der Waals surface area contributed by atoms with Gasteiger partial charge in [0, 0.05) is 0 Å². The zero-order valence-electron chi connectivity index (χ0n) is 8.97. The van der Waals surface area contributed by atoms with Gasteiger partial charge in [0.2, 0.25) is 10.0 Å². The van der Waals surface area contributed by atoms with Crippen molar-refractivity contribution >= 4 is 21.7 Å². The van der Waals surface area contributed by atoms with Crippen molar-refractivity contribution in [2.75, 3.05) is 10.5 Å². The molecular formula is C10H10N2O4S. The summed E-state index contributed by atoms with van der Waals surface area (Å²) in [4.78, 5) is 10.9. The molecule has 0 radical (unpaired) electrons. The van der Waals surface area contributed by atoms with Crippen molar-refractivity contribution in [3.05, 3.63) is 29.3 Å². The third-order valence-corrected chi connectivity index (χ3v) is 2.97. The van der Waals surface area contributed by atoms with Crippen molar-refractivity contribution in [1.29, 1.82) is 5.26 Å². The molecular weight excluding hydrogens is 244 g/mol. The van der Waals surface area contributed by atoms with Gasteiger partial charge in [-0.2, -0.15) is 5.26 Å². The Morgan fingerprint density at radius 2 is 2.18 bits per heavy atom. The van der Waals surface area contributed by atoms with E-state index in [1.165, 1.54) is 18.2 Å². The molecule has 0 fully saturated rings. The highest BCUT2D eigenvalue weighted by Crippen LogP contribution is 2.18. The lowest BCUT2D eigenvalue weighted by atomic mass is 10.1. The lowest BCUT2D eigenvalue weighted by molar-refractivity contribution is 0.0698. The average Bonchev–Trinajstić information content (AvgIpc) is 2.20. The summed E-state index contributed by atoms with van der Waals surface area (Å²) in [5, 5.41) is 17.2. The van der Waals surface area contributed by atoms with Crippen LogP contribution in [0.15, 0.2) is 18.2 Å². The predicted molar refractivity (Wildman–Crippen MR) is 61.2 cm³/mol. The number of carboxylic acid groups (broad SMARTS) is 1. The van der Waals surface area contributed by atoms with Gasteiger partial charge in [-0.05, 0) is 19.1 Å². The van der Waals surface area contributed by atoms with Crippen LogP contribution in [0.4, 0.5) is 5.69 Å². The fourth-order valence-electron chi connectivity index (χ4n) is 1.21. The Balaban J connectivity index is 3.16. The number of nitrogens with one attached hydrogen (secondary N) is 1. The summed E-state index contributed by atoms with van der Waals surface area (Å²) in [6, 6.07) is 5.78. The van der Waals surface area contributed by atoms with Crippen LogP contribution >= 0.6 is 0 Å². The van der Waals surface area contributed by atoms with Crippen LogP contribution in [0.25, 0.3) is 0 Å². The van der Waals surface area contributed by atoms with E-state index >= 15 is 0 Å². The Bertz CT molecular complexity index is 587. The monoisotopic (exact) mass is 254 g/mol. The first-order valence-corrected chi connectivity index (χ1v) is 6.22. The quantitative estimate of drug-likeness (QED) is 0.832. The highest BCUT2D eigenvalue weighted by molar-refractivity contribution is 7.92. The van der Waals surface area contributed by atoms with Gasteiger partial charge in [0.05, 0.1) is 17.3 Å². The van der Waals surface area contributed by atoms with Crippen LogP contribution in [0.5, 0.6) is 0 Å². The van der Waals surface area contributed by atoms with Crippen LogP contribution < -0.4 is 4.72 Å². The summed E-state index contributed by atoms with van der Waals surface area (Å²) in [6.07, 6.45) is 0. The largest absolute Gasteiger partial charge is 0.478 e. The van der Waals surface area contributed by atoms with Crippen LogP contribution in [0.1, 0.15) is 15.9 Å². The molecule has 1 aromatic carbocycles. The van der Waals surface area contributed by atoms with Crippen LogP contribution in [0.2, 0.25) is 0 Å². The number of aromatic carboxylic acids is 1. The van der Waals surface area contributed by atoms with Gasteiger partial charge in [-0.15, -0.1) is 0 Å². The van der Waals surface area contributed by atoms with E-state index in [1.807, 2.05) is 0 Å². The van der Waals surface area contributed by atoms with E-state index in [0.717, 1.165) is 0 Å². The van der Waals surface area contributed by atoms with Crippen LogP contribution in [-0.4, -0.2) is 25.2 Å². The average molecular weight is 254 g/mol. The molecule has 1 aromatic rings. The Morgan fingerprint density at radius 3 is 2.71 bits per heavy atom. The topological polar surface area (TPSA) is 107 Å². The molecule has 0 aliphatic carbocycles. The van der Waals surface area contributed by atoms with E-state index in [4.69, 9.17) is 10.4 Å². The normalized spacial score (nSPS) is 10.6. The summed E-state index contributed by atoms with van der Waals surface area (Å²) in [5.41, 5.74) is 0.510. The number of hydrogen-bond donors (Lipinski definition) is 2. The van der Waals surface area contributed by atoms with Gasteiger partial charge in [-0.25, -0.2) is 13.2 Å². The highest BCUT2D eigenvalue weighted by Gasteiger charge is 2.16. The van der Waals surface area contributed by atoms with Crippen LogP contribution in [0.3, 0.4) is 0 Å². The lowest BCUT2D eigenvalue weighted by Crippen LogP contribution is -2.17. The summed E-state index contributed by atoms with van der Waals surface area (Å²) in [5.74, 6) is -1.96. The molecule has 1 rings (SSSR count). The van der Waals surface area contributed by atoms with Gasteiger partial charge in [0.25, 0.3) is 0 Å². The number of nitrogens with zero attached hydrogens (tertiary/aromatic N) is 1. The molecule has 0 aliphatic rings. The molecule has 0 saturated carbocycles. The number of carboxylic acids is 1. The Labute approximate surface area is 98.6 Å². The molecule has 0 atom stereocenters. The number of nitriles is 1. The summed E-state index contributed by atoms with van der Waals surface area (Å²) in [7, 11) is -3.83. The maximum atomic E-state index is 11.3. The molecule has 0 aromatic heterocycles. The summed E-state index contributed by atoms with van der Waals surface area (Å²) in [6.45, 7) is 1.69. The molecule has 17 heavy (non-hydrogen) atoms. The number of benzene rings is 1. The number of hydrogen-bond acceptors (Lipinski definition) is 4. The number of sulfonamides is 1. The molecule has 0 spiro atoms. The van der Waals surface area contributed by atoms with Gasteiger partial charge >= 0.3 is 5.97 Å². The van der Waals surface area contributed by atoms with E-state index < -0.39 is 21.7 Å². The Hall–Kier alpha value is -2.07. The van der Waals surface area contributed by atoms with Gasteiger partial charge in [-0.3, -0.25) is 4.72 Å². The minimum absolute atomic E-state index is 0.0432. The molecule has 6 nitrogen and oxygen atoms in total. The number of carbonyl (C=O) groups is 1. The van der Waals surface area contributed by atoms with E-state index in [9.17, 15) is 13.2 Å². The summed E-state index contributed by atoms with van der Waals surface area (Å²) < 4.78 is 24.7. The van der Waals surface area contributed by atoms with Crippen LogP contribution in [0, 0.1) is 18.3 Å². The van der Waals surface area contributed by atoms with E-state index in [2.05, 4.69) is 4.72 Å². The first kappa shape index (κ1) is 13.0. The maximum Gasteiger partial charge on any atom is 0.337 e. The molecule has 0 heterocycles. The van der Waals surface area contributed by atoms with E-state index in [-0.39, 0.29) is 11.3 Å². The Kier molecular flexibility index (Phi) is 3.70. The van der Waals surface area contributed by atoms with Gasteiger partial charge < -0.3 is 5.11 Å². The van der Waals surface area contributed by atoms with Crippen molar-refractivity contribution < 1.29 is 18.3 Å². The second-order valence-electron chi connectivity index (χ2n) is 3.37. The van der Waals surface area contributed by atoms with Crippen LogP contribution in [-0.2, 0) is 10.0 Å². The van der Waals surface area contributed by atoms with Crippen molar-refractivity contribution in [2.24, 2.45) is 0 Å². The molecule has 0 bridgehead atoms. The minimum atomic E-state index is -3.83. The standard InChI is InChI=1S/C10H10N2O4S/c1-7-2-3-9(8(6-7)10(13)14)12-17(15,16)5-4-11/h2-3,6,12H,5H2,1H3,(H,13,14). The van der Waals surface area contributed by atoms with Crippen molar-refractivity contribution in [3.8, 4) is 6.07 Å². The van der Waals surface area contributed by atoms with Gasteiger partial charge in [0.15, 0.2) is 5.75 Å². The number of rotatable bonds is 4. The number of anilines is 1. The zero-order chi connectivity index (χ0) is 13.1. The second kappa shape index (κ2) is 4.84. The van der Waals surface area contributed by atoms with Gasteiger partial charge in [-0.1, -0.05) is 11.6 Å². The molecule has 7 heteroatoms. The van der Waals surface area contributed by atoms with Gasteiger partial charge in [0.1, 0.15) is 0 Å². The molecule has 90 valence electrons. The second-order valence-corrected chi connectivity index (χ2v) is 5.10. The minimum Gasteiger partial charge on any atom is -0.478 e. The maximum absolute atomic E-state index is 11.3. The molecule has 0 amide bonds. The van der Waals surface area contributed by atoms with E-state index in [0.29, 0.717) is 5.56 Å². The summed E-state index contributed by atoms with van der Waals surface area (Å²) >= 11 is 0. The smallest absolute Gasteiger partial charge is 0.337 e. The first-order chi connectivity index (χ1) is 7.85. The fourth-order valence-corrected chi connectivity index (χ4v) is 1.97. The predicted octanol–water partition coefficient (Wildman–Crippen LogP) is 0.958. The lowest BCUT2D eigenvalue weighted by Gasteiger charge is -2.09. The third-order valence-electron chi connectivity index (χ3n) is 1.93. The van der Waals surface area contributed by atoms with Crippen molar-refractivity contribution in [2.45, 2.75) is 6.92 Å². The Morgan fingerprint density at radius 1 is 1.53 bits per heavy atom. The molecule has 0 unspecified atom stereocenters. The zero-order valence-corrected chi connectivity index (χ0v) is 9.78. The molecule has 2 N–H and O–H groups in total. The SMILES string of the molecule is Cc1ccc(NS(=O)(=O)CC#N)c(C(=O)O)c1. The van der Waals surface area contributed by atoms with E-state index in [1.54, 1.807) is 13.0 Å². The molecule has 0 aliphatic heterocycles. The third kappa shape index (κ3) is 3.46.